The third-order valence-corrected chi connectivity index (χ3v) is 6.24. The molecule has 1 aliphatic rings. The van der Waals surface area contributed by atoms with Crippen LogP contribution in [0.4, 0.5) is 0 Å². The third-order valence-electron chi connectivity index (χ3n) is 6.24. The average molecular weight is 380 g/mol. The van der Waals surface area contributed by atoms with E-state index in [1.54, 1.807) is 0 Å². The van der Waals surface area contributed by atoms with Crippen LogP contribution < -0.4 is 0 Å². The van der Waals surface area contributed by atoms with Crippen LogP contribution in [0.2, 0.25) is 0 Å². The van der Waals surface area contributed by atoms with Crippen molar-refractivity contribution in [1.82, 2.24) is 4.90 Å². The van der Waals surface area contributed by atoms with E-state index in [-0.39, 0.29) is 5.60 Å². The number of hydrogen-bond donors (Lipinski definition) is 0. The van der Waals surface area contributed by atoms with Crippen molar-refractivity contribution in [2.75, 3.05) is 13.2 Å². The van der Waals surface area contributed by atoms with Crippen molar-refractivity contribution < 1.29 is 4.74 Å². The molecule has 2 aromatic carbocycles. The minimum absolute atomic E-state index is 0.0326. The summed E-state index contributed by atoms with van der Waals surface area (Å²) in [5.41, 5.74) is 3.14. The molecule has 3 rings (SSSR count). The van der Waals surface area contributed by atoms with E-state index in [0.717, 1.165) is 39.0 Å². The molecule has 1 atom stereocenters. The highest BCUT2D eigenvalue weighted by Gasteiger charge is 2.40. The molecule has 1 saturated heterocycles. The van der Waals surface area contributed by atoms with Crippen molar-refractivity contribution in [3.8, 4) is 0 Å². The van der Waals surface area contributed by atoms with Crippen LogP contribution in [0.1, 0.15) is 58.1 Å². The molecule has 0 radical (unpaired) electrons. The van der Waals surface area contributed by atoms with Crippen molar-refractivity contribution in [2.24, 2.45) is 5.41 Å². The summed E-state index contributed by atoms with van der Waals surface area (Å²) in [5, 5.41) is 0. The third kappa shape index (κ3) is 5.93. The smallest absolute Gasteiger partial charge is 0.0631 e. The van der Waals surface area contributed by atoms with Gasteiger partial charge in [-0.3, -0.25) is 4.90 Å². The van der Waals surface area contributed by atoms with Gasteiger partial charge in [0.1, 0.15) is 0 Å². The second-order valence-electron chi connectivity index (χ2n) is 9.50. The standard InChI is InChI=1S/C26H37NO/c1-22(2)27(20-24-13-9-6-10-14-24)17-15-26(16-18-28-25(3,4)21-26)19-23-11-7-5-8-12-23/h5-14,22H,15-21H2,1-4H3/t26-/m1/s1. The number of nitrogens with zero attached hydrogens (tertiary/aromatic N) is 1. The van der Waals surface area contributed by atoms with E-state index in [1.807, 2.05) is 0 Å². The molecule has 0 unspecified atom stereocenters. The van der Waals surface area contributed by atoms with Gasteiger partial charge < -0.3 is 4.74 Å². The summed E-state index contributed by atoms with van der Waals surface area (Å²) in [4.78, 5) is 2.63. The first-order valence-corrected chi connectivity index (χ1v) is 10.8. The predicted octanol–water partition coefficient (Wildman–Crippen LogP) is 6.11. The average Bonchev–Trinajstić information content (AvgIpc) is 2.66. The quantitative estimate of drug-likeness (QED) is 0.549. The molecule has 1 aliphatic heterocycles. The number of ether oxygens (including phenoxy) is 1. The first-order chi connectivity index (χ1) is 13.4. The lowest BCUT2D eigenvalue weighted by Gasteiger charge is -2.46. The summed E-state index contributed by atoms with van der Waals surface area (Å²) in [6.07, 6.45) is 4.66. The first kappa shape index (κ1) is 21.1. The summed E-state index contributed by atoms with van der Waals surface area (Å²) >= 11 is 0. The fourth-order valence-electron chi connectivity index (χ4n) is 4.79. The highest BCUT2D eigenvalue weighted by atomic mass is 16.5. The van der Waals surface area contributed by atoms with Gasteiger partial charge in [0.2, 0.25) is 0 Å². The maximum absolute atomic E-state index is 6.09. The van der Waals surface area contributed by atoms with Gasteiger partial charge in [-0.25, -0.2) is 0 Å². The lowest BCUT2D eigenvalue weighted by atomic mass is 9.68. The van der Waals surface area contributed by atoms with Crippen molar-refractivity contribution in [1.29, 1.82) is 0 Å². The molecule has 2 nitrogen and oxygen atoms in total. The van der Waals surface area contributed by atoms with E-state index in [1.165, 1.54) is 17.5 Å². The second kappa shape index (κ2) is 9.24. The Morgan fingerprint density at radius 1 is 0.929 bits per heavy atom. The Bertz CT molecular complexity index is 710. The van der Waals surface area contributed by atoms with Crippen LogP contribution in [0.15, 0.2) is 60.7 Å². The van der Waals surface area contributed by atoms with Crippen LogP contribution in [0.5, 0.6) is 0 Å². The molecule has 2 heteroatoms. The monoisotopic (exact) mass is 379 g/mol. The van der Waals surface area contributed by atoms with E-state index in [4.69, 9.17) is 4.74 Å². The summed E-state index contributed by atoms with van der Waals surface area (Å²) in [7, 11) is 0. The van der Waals surface area contributed by atoms with Crippen LogP contribution in [0.3, 0.4) is 0 Å². The molecular formula is C26H37NO. The summed E-state index contributed by atoms with van der Waals surface area (Å²) < 4.78 is 6.09. The van der Waals surface area contributed by atoms with Crippen molar-refractivity contribution >= 4 is 0 Å². The van der Waals surface area contributed by atoms with E-state index >= 15 is 0 Å². The Labute approximate surface area is 171 Å². The second-order valence-corrected chi connectivity index (χ2v) is 9.50. The Morgan fingerprint density at radius 2 is 1.54 bits per heavy atom. The lowest BCUT2D eigenvalue weighted by Crippen LogP contribution is -2.44. The molecule has 28 heavy (non-hydrogen) atoms. The van der Waals surface area contributed by atoms with Crippen molar-refractivity contribution in [3.63, 3.8) is 0 Å². The van der Waals surface area contributed by atoms with Crippen LogP contribution in [0, 0.1) is 5.41 Å². The molecule has 152 valence electrons. The van der Waals surface area contributed by atoms with Gasteiger partial charge in [0.05, 0.1) is 5.60 Å². The minimum atomic E-state index is -0.0326. The lowest BCUT2D eigenvalue weighted by molar-refractivity contribution is -0.109. The van der Waals surface area contributed by atoms with Crippen molar-refractivity contribution in [3.05, 3.63) is 71.8 Å². The van der Waals surface area contributed by atoms with Crippen LogP contribution in [-0.4, -0.2) is 29.7 Å². The fourth-order valence-corrected chi connectivity index (χ4v) is 4.79. The van der Waals surface area contributed by atoms with Gasteiger partial charge in [-0.15, -0.1) is 0 Å². The molecule has 0 aliphatic carbocycles. The maximum Gasteiger partial charge on any atom is 0.0631 e. The van der Waals surface area contributed by atoms with Gasteiger partial charge in [0.15, 0.2) is 0 Å². The van der Waals surface area contributed by atoms with Crippen LogP contribution in [0.25, 0.3) is 0 Å². The highest BCUT2D eigenvalue weighted by Crippen LogP contribution is 2.44. The Hall–Kier alpha value is -1.64. The number of benzene rings is 2. The zero-order chi connectivity index (χ0) is 20.0. The van der Waals surface area contributed by atoms with E-state index in [9.17, 15) is 0 Å². The van der Waals surface area contributed by atoms with Gasteiger partial charge in [-0.2, -0.15) is 0 Å². The summed E-state index contributed by atoms with van der Waals surface area (Å²) in [5.74, 6) is 0. The Morgan fingerprint density at radius 3 is 2.11 bits per heavy atom. The van der Waals surface area contributed by atoms with Crippen LogP contribution in [-0.2, 0) is 17.7 Å². The zero-order valence-electron chi connectivity index (χ0n) is 18.2. The molecule has 0 spiro atoms. The Kier molecular flexibility index (Phi) is 6.95. The van der Waals surface area contributed by atoms with Gasteiger partial charge in [-0.05, 0) is 76.5 Å². The zero-order valence-corrected chi connectivity index (χ0v) is 18.2. The summed E-state index contributed by atoms with van der Waals surface area (Å²) in [6, 6.07) is 22.4. The van der Waals surface area contributed by atoms with Gasteiger partial charge in [0.25, 0.3) is 0 Å². The molecule has 0 amide bonds. The van der Waals surface area contributed by atoms with Gasteiger partial charge >= 0.3 is 0 Å². The molecule has 2 aromatic rings. The molecule has 0 N–H and O–H groups in total. The fraction of sp³-hybridized carbons (Fsp3) is 0.538. The topological polar surface area (TPSA) is 12.5 Å². The minimum Gasteiger partial charge on any atom is -0.376 e. The van der Waals surface area contributed by atoms with Crippen molar-refractivity contribution in [2.45, 2.75) is 71.6 Å². The highest BCUT2D eigenvalue weighted by molar-refractivity contribution is 5.18. The summed E-state index contributed by atoms with van der Waals surface area (Å²) in [6.45, 7) is 12.2. The molecule has 0 saturated carbocycles. The SMILES string of the molecule is CC(C)N(CC[C@]1(Cc2ccccc2)CCOC(C)(C)C1)Cc1ccccc1. The predicted molar refractivity (Wildman–Crippen MR) is 118 cm³/mol. The molecule has 0 aromatic heterocycles. The van der Waals surface area contributed by atoms with Crippen LogP contribution >= 0.6 is 0 Å². The molecule has 0 bridgehead atoms. The van der Waals surface area contributed by atoms with Gasteiger partial charge in [0, 0.05) is 19.2 Å². The normalized spacial score (nSPS) is 21.9. The maximum atomic E-state index is 6.09. The van der Waals surface area contributed by atoms with E-state index in [0.29, 0.717) is 11.5 Å². The van der Waals surface area contributed by atoms with Gasteiger partial charge in [-0.1, -0.05) is 60.7 Å². The Balaban J connectivity index is 1.74. The molecular weight excluding hydrogens is 342 g/mol. The molecule has 1 fully saturated rings. The van der Waals surface area contributed by atoms with E-state index < -0.39 is 0 Å². The number of rotatable bonds is 8. The first-order valence-electron chi connectivity index (χ1n) is 10.8. The largest absolute Gasteiger partial charge is 0.376 e. The number of hydrogen-bond acceptors (Lipinski definition) is 2. The van der Waals surface area contributed by atoms with E-state index in [2.05, 4.69) is 93.3 Å². The molecule has 1 heterocycles.